The summed E-state index contributed by atoms with van der Waals surface area (Å²) in [6, 6.07) is 7.73. The fourth-order valence-corrected chi connectivity index (χ4v) is 3.84. The highest BCUT2D eigenvalue weighted by molar-refractivity contribution is 5.97. The van der Waals surface area contributed by atoms with Crippen molar-refractivity contribution in [1.29, 1.82) is 0 Å². The normalized spacial score (nSPS) is 22.2. The molecule has 0 bridgehead atoms. The van der Waals surface area contributed by atoms with Crippen molar-refractivity contribution in [1.82, 2.24) is 10.2 Å². The van der Waals surface area contributed by atoms with Gasteiger partial charge in [-0.25, -0.2) is 0 Å². The Morgan fingerprint density at radius 1 is 1.21 bits per heavy atom. The van der Waals surface area contributed by atoms with E-state index in [4.69, 9.17) is 4.74 Å². The van der Waals surface area contributed by atoms with Crippen molar-refractivity contribution in [2.75, 3.05) is 32.8 Å². The van der Waals surface area contributed by atoms with Crippen LogP contribution in [0, 0.1) is 11.3 Å². The largest absolute Gasteiger partial charge is 0.492 e. The zero-order valence-corrected chi connectivity index (χ0v) is 14.9. The van der Waals surface area contributed by atoms with Crippen molar-refractivity contribution < 1.29 is 9.53 Å². The molecule has 0 atom stereocenters. The van der Waals surface area contributed by atoms with Crippen molar-refractivity contribution >= 4 is 18.3 Å². The molecule has 2 saturated heterocycles. The number of rotatable bonds is 4. The number of amides is 1. The Kier molecular flexibility index (Phi) is 5.36. The van der Waals surface area contributed by atoms with Crippen LogP contribution in [0.25, 0.3) is 0 Å². The van der Waals surface area contributed by atoms with Gasteiger partial charge in [0.2, 0.25) is 0 Å². The smallest absolute Gasteiger partial charge is 0.257 e. The maximum Gasteiger partial charge on any atom is 0.257 e. The van der Waals surface area contributed by atoms with Crippen molar-refractivity contribution in [2.24, 2.45) is 11.3 Å². The summed E-state index contributed by atoms with van der Waals surface area (Å²) >= 11 is 0. The Labute approximate surface area is 150 Å². The zero-order valence-electron chi connectivity index (χ0n) is 14.1. The number of likely N-dealkylation sites (tertiary alicyclic amines) is 1. The number of ether oxygens (including phenoxy) is 1. The topological polar surface area (TPSA) is 41.6 Å². The molecule has 3 aliphatic rings. The van der Waals surface area contributed by atoms with Crippen molar-refractivity contribution in [2.45, 2.75) is 32.1 Å². The van der Waals surface area contributed by atoms with Gasteiger partial charge < -0.3 is 15.0 Å². The number of carbonyl (C=O) groups is 1. The second kappa shape index (κ2) is 7.32. The molecular weight excluding hydrogens is 324 g/mol. The first-order valence-electron chi connectivity index (χ1n) is 8.98. The fourth-order valence-electron chi connectivity index (χ4n) is 3.84. The lowest BCUT2D eigenvalue weighted by atomic mass is 9.78. The van der Waals surface area contributed by atoms with Crippen molar-refractivity contribution in [3.8, 4) is 5.75 Å². The monoisotopic (exact) mass is 350 g/mol. The van der Waals surface area contributed by atoms with Gasteiger partial charge in [-0.05, 0) is 62.1 Å². The second-order valence-electron chi connectivity index (χ2n) is 7.47. The standard InChI is InChI=1S/C19H26N2O2.ClH/c22-18(21-11-8-19(9-12-21)7-10-20-14-19)16-3-1-2-4-17(16)23-13-15-5-6-15;/h1-4,15,20H,5-14H2;1H. The van der Waals surface area contributed by atoms with E-state index in [1.165, 1.54) is 19.3 Å². The van der Waals surface area contributed by atoms with Gasteiger partial charge in [0.05, 0.1) is 12.2 Å². The number of benzene rings is 1. The van der Waals surface area contributed by atoms with Gasteiger partial charge in [0, 0.05) is 19.6 Å². The molecule has 4 rings (SSSR count). The zero-order chi connectivity index (χ0) is 15.7. The number of nitrogens with zero attached hydrogens (tertiary/aromatic N) is 1. The Morgan fingerprint density at radius 3 is 2.62 bits per heavy atom. The van der Waals surface area contributed by atoms with Gasteiger partial charge in [0.15, 0.2) is 0 Å². The SMILES string of the molecule is Cl.O=C(c1ccccc1OCC1CC1)N1CCC2(CCNC2)CC1. The molecule has 5 heteroatoms. The quantitative estimate of drug-likeness (QED) is 0.907. The summed E-state index contributed by atoms with van der Waals surface area (Å²) in [5.41, 5.74) is 1.17. The molecule has 132 valence electrons. The number of hydrogen-bond donors (Lipinski definition) is 1. The number of carbonyl (C=O) groups excluding carboxylic acids is 1. The van der Waals surface area contributed by atoms with Gasteiger partial charge in [0.25, 0.3) is 5.91 Å². The molecule has 1 N–H and O–H groups in total. The van der Waals surface area contributed by atoms with Crippen LogP contribution in [0.2, 0.25) is 0 Å². The third-order valence-corrected chi connectivity index (χ3v) is 5.73. The van der Waals surface area contributed by atoms with E-state index in [2.05, 4.69) is 5.32 Å². The van der Waals surface area contributed by atoms with Gasteiger partial charge in [-0.3, -0.25) is 4.79 Å². The van der Waals surface area contributed by atoms with Crippen LogP contribution < -0.4 is 10.1 Å². The van der Waals surface area contributed by atoms with E-state index in [0.29, 0.717) is 11.3 Å². The molecule has 1 amide bonds. The van der Waals surface area contributed by atoms with Crippen LogP contribution in [0.3, 0.4) is 0 Å². The molecule has 3 fully saturated rings. The van der Waals surface area contributed by atoms with E-state index < -0.39 is 0 Å². The Balaban J connectivity index is 0.00000169. The molecule has 0 unspecified atom stereocenters. The number of para-hydroxylation sites is 1. The first kappa shape index (κ1) is 17.6. The van der Waals surface area contributed by atoms with Gasteiger partial charge in [-0.2, -0.15) is 0 Å². The van der Waals surface area contributed by atoms with E-state index in [9.17, 15) is 4.79 Å². The summed E-state index contributed by atoms with van der Waals surface area (Å²) in [5, 5.41) is 3.48. The Bertz CT molecular complexity index is 572. The molecule has 1 aliphatic carbocycles. The molecule has 1 spiro atoms. The summed E-state index contributed by atoms with van der Waals surface area (Å²) in [5.74, 6) is 1.59. The maximum atomic E-state index is 12.9. The molecule has 1 aromatic rings. The van der Waals surface area contributed by atoms with Crippen molar-refractivity contribution in [3.63, 3.8) is 0 Å². The lowest BCUT2D eigenvalue weighted by Crippen LogP contribution is -2.44. The van der Waals surface area contributed by atoms with E-state index in [1.54, 1.807) is 0 Å². The third kappa shape index (κ3) is 3.70. The lowest BCUT2D eigenvalue weighted by molar-refractivity contribution is 0.0603. The minimum atomic E-state index is 0. The number of halogens is 1. The van der Waals surface area contributed by atoms with E-state index in [1.807, 2.05) is 29.2 Å². The highest BCUT2D eigenvalue weighted by Crippen LogP contribution is 2.37. The van der Waals surface area contributed by atoms with Crippen LogP contribution in [0.1, 0.15) is 42.5 Å². The fraction of sp³-hybridized carbons (Fsp3) is 0.632. The molecule has 2 heterocycles. The van der Waals surface area contributed by atoms with Gasteiger partial charge in [-0.15, -0.1) is 12.4 Å². The summed E-state index contributed by atoms with van der Waals surface area (Å²) in [6.45, 7) is 4.75. The third-order valence-electron chi connectivity index (χ3n) is 5.73. The van der Waals surface area contributed by atoms with Crippen LogP contribution >= 0.6 is 12.4 Å². The molecule has 24 heavy (non-hydrogen) atoms. The molecule has 1 aromatic carbocycles. The predicted octanol–water partition coefficient (Wildman–Crippen LogP) is 3.11. The molecule has 1 saturated carbocycles. The van der Waals surface area contributed by atoms with Crippen LogP contribution in [0.5, 0.6) is 5.75 Å². The second-order valence-corrected chi connectivity index (χ2v) is 7.47. The van der Waals surface area contributed by atoms with Crippen LogP contribution in [-0.4, -0.2) is 43.6 Å². The summed E-state index contributed by atoms with van der Waals surface area (Å²) in [7, 11) is 0. The molecule has 4 nitrogen and oxygen atoms in total. The molecular formula is C19H27ClN2O2. The summed E-state index contributed by atoms with van der Waals surface area (Å²) in [6.07, 6.45) is 6.03. The van der Waals surface area contributed by atoms with Crippen LogP contribution in [0.4, 0.5) is 0 Å². The van der Waals surface area contributed by atoms with E-state index in [-0.39, 0.29) is 18.3 Å². The first-order chi connectivity index (χ1) is 11.3. The average Bonchev–Trinajstić information content (AvgIpc) is 3.33. The minimum Gasteiger partial charge on any atom is -0.492 e. The number of piperidine rings is 1. The summed E-state index contributed by atoms with van der Waals surface area (Å²) in [4.78, 5) is 14.9. The predicted molar refractivity (Wildman–Crippen MR) is 97.0 cm³/mol. The van der Waals surface area contributed by atoms with E-state index >= 15 is 0 Å². The molecule has 0 radical (unpaired) electrons. The van der Waals surface area contributed by atoms with Gasteiger partial charge >= 0.3 is 0 Å². The van der Waals surface area contributed by atoms with Gasteiger partial charge in [0.1, 0.15) is 5.75 Å². The highest BCUT2D eigenvalue weighted by atomic mass is 35.5. The van der Waals surface area contributed by atoms with Gasteiger partial charge in [-0.1, -0.05) is 12.1 Å². The Morgan fingerprint density at radius 2 is 1.96 bits per heavy atom. The van der Waals surface area contributed by atoms with Crippen molar-refractivity contribution in [3.05, 3.63) is 29.8 Å². The number of nitrogens with one attached hydrogen (secondary N) is 1. The molecule has 0 aromatic heterocycles. The maximum absolute atomic E-state index is 12.9. The summed E-state index contributed by atoms with van der Waals surface area (Å²) < 4.78 is 5.91. The van der Waals surface area contributed by atoms with Crippen LogP contribution in [0.15, 0.2) is 24.3 Å². The Hall–Kier alpha value is -1.26. The number of hydrogen-bond acceptors (Lipinski definition) is 3. The lowest BCUT2D eigenvalue weighted by Gasteiger charge is -2.39. The first-order valence-corrected chi connectivity index (χ1v) is 8.98. The average molecular weight is 351 g/mol. The van der Waals surface area contributed by atoms with E-state index in [0.717, 1.165) is 56.9 Å². The minimum absolute atomic E-state index is 0. The molecule has 2 aliphatic heterocycles. The highest BCUT2D eigenvalue weighted by Gasteiger charge is 2.38. The van der Waals surface area contributed by atoms with Crippen LogP contribution in [-0.2, 0) is 0 Å².